The molecule has 0 aromatic carbocycles. The first-order valence-corrected chi connectivity index (χ1v) is 24.9. The molecule has 0 fully saturated rings. The molecule has 3 N–H and O–H groups in total. The molecule has 0 aromatic rings. The van der Waals surface area contributed by atoms with Crippen LogP contribution in [0.4, 0.5) is 0 Å². The minimum atomic E-state index is -0.813. The van der Waals surface area contributed by atoms with Crippen LogP contribution >= 0.6 is 0 Å². The fourth-order valence-corrected chi connectivity index (χ4v) is 7.11. The van der Waals surface area contributed by atoms with Crippen molar-refractivity contribution in [3.05, 3.63) is 85.1 Å². The van der Waals surface area contributed by atoms with Crippen LogP contribution in [0.25, 0.3) is 0 Å². The van der Waals surface area contributed by atoms with Crippen LogP contribution in [-0.2, 0) is 14.3 Å². The molecule has 3 unspecified atom stereocenters. The number of carbonyl (C=O) groups is 2. The second-order valence-electron chi connectivity index (χ2n) is 16.6. The minimum Gasteiger partial charge on any atom is -0.462 e. The van der Waals surface area contributed by atoms with Crippen molar-refractivity contribution in [2.75, 3.05) is 6.61 Å². The van der Waals surface area contributed by atoms with E-state index in [1.54, 1.807) is 0 Å². The molecule has 6 heteroatoms. The van der Waals surface area contributed by atoms with Crippen molar-refractivity contribution in [1.82, 2.24) is 5.32 Å². The average Bonchev–Trinajstić information content (AvgIpc) is 3.24. The highest BCUT2D eigenvalue weighted by molar-refractivity contribution is 5.77. The van der Waals surface area contributed by atoms with Gasteiger partial charge in [-0.2, -0.15) is 0 Å². The lowest BCUT2D eigenvalue weighted by atomic mass is 10.0. The lowest BCUT2D eigenvalue weighted by Crippen LogP contribution is -2.46. The smallest absolute Gasteiger partial charge is 0.306 e. The fraction of sp³-hybridized carbons (Fsp3) is 0.704. The van der Waals surface area contributed by atoms with Gasteiger partial charge >= 0.3 is 5.97 Å². The third-order valence-corrected chi connectivity index (χ3v) is 10.9. The Bertz CT molecular complexity index is 1160. The highest BCUT2D eigenvalue weighted by Gasteiger charge is 2.24. The number of esters is 1. The highest BCUT2D eigenvalue weighted by atomic mass is 16.5. The molecule has 0 radical (unpaired) electrons. The zero-order valence-electron chi connectivity index (χ0n) is 39.1. The summed E-state index contributed by atoms with van der Waals surface area (Å²) in [7, 11) is 0. The number of unbranched alkanes of at least 4 members (excludes halogenated alkanes) is 22. The summed E-state index contributed by atoms with van der Waals surface area (Å²) >= 11 is 0. The molecule has 1 amide bonds. The molecule has 0 aliphatic carbocycles. The van der Waals surface area contributed by atoms with Gasteiger partial charge in [0.25, 0.3) is 0 Å². The van der Waals surface area contributed by atoms with Crippen LogP contribution in [0.5, 0.6) is 0 Å². The number of amides is 1. The average molecular weight is 836 g/mol. The minimum absolute atomic E-state index is 0.0170. The van der Waals surface area contributed by atoms with E-state index in [0.717, 1.165) is 70.6 Å². The molecular formula is C54H93NO5. The predicted molar refractivity (Wildman–Crippen MR) is 259 cm³/mol. The lowest BCUT2D eigenvalue weighted by Gasteiger charge is -2.24. The van der Waals surface area contributed by atoms with Crippen LogP contribution in [0.2, 0.25) is 0 Å². The van der Waals surface area contributed by atoms with Crippen LogP contribution in [0, 0.1) is 0 Å². The molecule has 344 valence electrons. The largest absolute Gasteiger partial charge is 0.462 e. The van der Waals surface area contributed by atoms with Gasteiger partial charge in [0.15, 0.2) is 0 Å². The van der Waals surface area contributed by atoms with Crippen molar-refractivity contribution in [2.24, 2.45) is 0 Å². The van der Waals surface area contributed by atoms with Crippen molar-refractivity contribution in [1.29, 1.82) is 0 Å². The van der Waals surface area contributed by atoms with Gasteiger partial charge in [-0.05, 0) is 64.2 Å². The predicted octanol–water partition coefficient (Wildman–Crippen LogP) is 14.8. The summed E-state index contributed by atoms with van der Waals surface area (Å²) in [5, 5.41) is 23.7. The summed E-state index contributed by atoms with van der Waals surface area (Å²) in [6.07, 6.45) is 60.7. The molecule has 6 nitrogen and oxygen atoms in total. The van der Waals surface area contributed by atoms with E-state index < -0.39 is 18.2 Å². The number of ether oxygens (including phenoxy) is 1. The monoisotopic (exact) mass is 836 g/mol. The molecular weight excluding hydrogens is 743 g/mol. The maximum Gasteiger partial charge on any atom is 0.306 e. The van der Waals surface area contributed by atoms with E-state index >= 15 is 0 Å². The van der Waals surface area contributed by atoms with Crippen LogP contribution in [0.1, 0.15) is 220 Å². The molecule has 0 aromatic heterocycles. The number of aliphatic hydroxyl groups excluding tert-OH is 2. The Labute approximate surface area is 370 Å². The Morgan fingerprint density at radius 1 is 0.500 bits per heavy atom. The summed E-state index contributed by atoms with van der Waals surface area (Å²) < 4.78 is 5.88. The number of rotatable bonds is 43. The Morgan fingerprint density at radius 3 is 1.43 bits per heavy atom. The standard InChI is InChI=1S/C54H93NO5/c1-4-7-10-13-16-19-22-25-26-29-30-33-36-39-42-45-50(60-54(59)47-44-41-38-35-32-28-24-21-18-15-12-9-6-3)48-53(58)55-51(49-56)52(57)46-43-40-37-34-31-27-23-20-17-14-11-8-5-2/h7,10,13,16,19,22,25-26,28-30,32-33,36,50-52,56-57H,4-6,8-9,11-12,14-15,17-18,20-21,23-24,27,31,34-35,37-49H2,1-3H3,(H,55,58)/b10-7-,16-13+,22-19+,26-25-,30-29+,32-28-,36-33+. The highest BCUT2D eigenvalue weighted by Crippen LogP contribution is 2.16. The number of carbonyl (C=O) groups excluding carboxylic acids is 2. The van der Waals surface area contributed by atoms with Crippen molar-refractivity contribution in [3.8, 4) is 0 Å². The van der Waals surface area contributed by atoms with Crippen molar-refractivity contribution in [2.45, 2.75) is 238 Å². The van der Waals surface area contributed by atoms with Crippen molar-refractivity contribution in [3.63, 3.8) is 0 Å². The molecule has 0 spiro atoms. The van der Waals surface area contributed by atoms with Gasteiger partial charge in [0.1, 0.15) is 6.10 Å². The molecule has 0 heterocycles. The van der Waals surface area contributed by atoms with Gasteiger partial charge in [-0.1, -0.05) is 228 Å². The second-order valence-corrected chi connectivity index (χ2v) is 16.6. The normalized spacial score (nSPS) is 14.0. The zero-order chi connectivity index (χ0) is 43.8. The maximum atomic E-state index is 13.2. The summed E-state index contributed by atoms with van der Waals surface area (Å²) in [5.41, 5.74) is 0. The van der Waals surface area contributed by atoms with Gasteiger partial charge in [0.2, 0.25) is 5.91 Å². The van der Waals surface area contributed by atoms with E-state index in [4.69, 9.17) is 4.74 Å². The number of aliphatic hydroxyl groups is 2. The molecule has 60 heavy (non-hydrogen) atoms. The Morgan fingerprint density at radius 2 is 0.933 bits per heavy atom. The molecule has 0 saturated heterocycles. The van der Waals surface area contributed by atoms with E-state index in [2.05, 4.69) is 50.4 Å². The summed E-state index contributed by atoms with van der Waals surface area (Å²) in [5.74, 6) is -0.573. The van der Waals surface area contributed by atoms with Gasteiger partial charge in [-0.15, -0.1) is 0 Å². The van der Waals surface area contributed by atoms with E-state index in [1.807, 2.05) is 60.8 Å². The maximum absolute atomic E-state index is 13.2. The van der Waals surface area contributed by atoms with Crippen LogP contribution < -0.4 is 5.32 Å². The first kappa shape index (κ1) is 57.0. The third-order valence-electron chi connectivity index (χ3n) is 10.9. The van der Waals surface area contributed by atoms with Crippen molar-refractivity contribution < 1.29 is 24.5 Å². The number of allylic oxidation sites excluding steroid dienone is 14. The number of hydrogen-bond donors (Lipinski definition) is 3. The van der Waals surface area contributed by atoms with Crippen LogP contribution in [0.15, 0.2) is 85.1 Å². The lowest BCUT2D eigenvalue weighted by molar-refractivity contribution is -0.151. The third kappa shape index (κ3) is 41.8. The Kier molecular flexibility index (Phi) is 44.8. The van der Waals surface area contributed by atoms with E-state index in [1.165, 1.54) is 103 Å². The summed E-state index contributed by atoms with van der Waals surface area (Å²) in [4.78, 5) is 26.1. The van der Waals surface area contributed by atoms with Gasteiger partial charge in [-0.25, -0.2) is 0 Å². The summed E-state index contributed by atoms with van der Waals surface area (Å²) in [6.45, 7) is 6.29. The first-order chi connectivity index (χ1) is 29.5. The molecule has 0 bridgehead atoms. The SMILES string of the molecule is CC\C=C/C=C/C=C/C=C\C=C\C=C\CCCC(CC(=O)NC(CO)C(O)CCCCCCCCCCCCCCC)OC(=O)CCCCC/C=C\CCCCCCCC. The Hall–Kier alpha value is -2.96. The van der Waals surface area contributed by atoms with E-state index in [-0.39, 0.29) is 24.9 Å². The topological polar surface area (TPSA) is 95.9 Å². The van der Waals surface area contributed by atoms with Gasteiger partial charge in [0, 0.05) is 6.42 Å². The Balaban J connectivity index is 4.77. The van der Waals surface area contributed by atoms with Gasteiger partial charge in [-0.3, -0.25) is 9.59 Å². The molecule has 0 aliphatic rings. The van der Waals surface area contributed by atoms with Crippen molar-refractivity contribution >= 4 is 11.9 Å². The number of hydrogen-bond acceptors (Lipinski definition) is 5. The van der Waals surface area contributed by atoms with E-state index in [0.29, 0.717) is 19.3 Å². The van der Waals surface area contributed by atoms with Crippen LogP contribution in [0.3, 0.4) is 0 Å². The first-order valence-electron chi connectivity index (χ1n) is 24.9. The molecule has 0 aliphatic heterocycles. The van der Waals surface area contributed by atoms with Gasteiger partial charge in [0.05, 0.1) is 25.2 Å². The summed E-state index contributed by atoms with van der Waals surface area (Å²) in [6, 6.07) is -0.732. The second kappa shape index (κ2) is 47.1. The molecule has 3 atom stereocenters. The fourth-order valence-electron chi connectivity index (χ4n) is 7.11. The van der Waals surface area contributed by atoms with Gasteiger partial charge < -0.3 is 20.3 Å². The number of nitrogens with one attached hydrogen (secondary N) is 1. The van der Waals surface area contributed by atoms with Crippen LogP contribution in [-0.4, -0.2) is 46.9 Å². The molecule has 0 rings (SSSR count). The zero-order valence-corrected chi connectivity index (χ0v) is 39.1. The van der Waals surface area contributed by atoms with E-state index in [9.17, 15) is 19.8 Å². The molecule has 0 saturated carbocycles. The quantitative estimate of drug-likeness (QED) is 0.0246.